The van der Waals surface area contributed by atoms with Crippen molar-refractivity contribution in [3.63, 3.8) is 0 Å². The summed E-state index contributed by atoms with van der Waals surface area (Å²) in [6.45, 7) is 6.59. The minimum absolute atomic E-state index is 0.0770. The molecule has 0 radical (unpaired) electrons. The van der Waals surface area contributed by atoms with E-state index < -0.39 is 0 Å². The highest BCUT2D eigenvalue weighted by Crippen LogP contribution is 2.43. The maximum atomic E-state index is 6.25. The van der Waals surface area contributed by atoms with E-state index in [1.165, 1.54) is 12.8 Å². The van der Waals surface area contributed by atoms with Crippen molar-refractivity contribution in [1.29, 1.82) is 0 Å². The van der Waals surface area contributed by atoms with Gasteiger partial charge in [0, 0.05) is 5.02 Å². The van der Waals surface area contributed by atoms with Crippen LogP contribution in [0.3, 0.4) is 0 Å². The molecule has 1 aliphatic rings. The molecular formula is C14H19ClO. The minimum Gasteiger partial charge on any atom is -0.370 e. The van der Waals surface area contributed by atoms with Gasteiger partial charge < -0.3 is 4.74 Å². The predicted molar refractivity (Wildman–Crippen MR) is 67.8 cm³/mol. The second-order valence-corrected chi connectivity index (χ2v) is 6.01. The van der Waals surface area contributed by atoms with E-state index >= 15 is 0 Å². The molecule has 1 atom stereocenters. The van der Waals surface area contributed by atoms with Gasteiger partial charge >= 0.3 is 0 Å². The molecule has 88 valence electrons. The zero-order valence-corrected chi connectivity index (χ0v) is 10.9. The number of halogens is 1. The smallest absolute Gasteiger partial charge is 0.0891 e. The van der Waals surface area contributed by atoms with Crippen LogP contribution in [-0.4, -0.2) is 6.10 Å². The summed E-state index contributed by atoms with van der Waals surface area (Å²) in [6, 6.07) is 7.99. The van der Waals surface area contributed by atoms with Crippen molar-refractivity contribution in [2.75, 3.05) is 0 Å². The molecule has 1 saturated carbocycles. The van der Waals surface area contributed by atoms with Crippen molar-refractivity contribution in [1.82, 2.24) is 0 Å². The zero-order chi connectivity index (χ0) is 11.8. The lowest BCUT2D eigenvalue weighted by molar-refractivity contribution is -0.0305. The second kappa shape index (κ2) is 4.38. The van der Waals surface area contributed by atoms with E-state index in [1.54, 1.807) is 0 Å². The van der Waals surface area contributed by atoms with Crippen LogP contribution in [0.4, 0.5) is 0 Å². The van der Waals surface area contributed by atoms with Crippen LogP contribution in [-0.2, 0) is 4.74 Å². The van der Waals surface area contributed by atoms with Crippen molar-refractivity contribution in [3.05, 3.63) is 34.9 Å². The molecule has 1 aliphatic carbocycles. The lowest BCUT2D eigenvalue weighted by Crippen LogP contribution is -2.22. The molecule has 1 nitrogen and oxygen atoms in total. The topological polar surface area (TPSA) is 9.23 Å². The largest absolute Gasteiger partial charge is 0.370 e. The summed E-state index contributed by atoms with van der Waals surface area (Å²) >= 11 is 6.25. The maximum absolute atomic E-state index is 6.25. The summed E-state index contributed by atoms with van der Waals surface area (Å²) in [5.41, 5.74) is 1.19. The van der Waals surface area contributed by atoms with Gasteiger partial charge in [-0.25, -0.2) is 0 Å². The highest BCUT2D eigenvalue weighted by Gasteiger charge is 2.34. The fourth-order valence-electron chi connectivity index (χ4n) is 1.83. The molecule has 1 aromatic rings. The molecule has 2 rings (SSSR count). The Morgan fingerprint density at radius 1 is 1.25 bits per heavy atom. The van der Waals surface area contributed by atoms with E-state index in [9.17, 15) is 0 Å². The molecule has 1 unspecified atom stereocenters. The molecule has 0 aromatic heterocycles. The van der Waals surface area contributed by atoms with Gasteiger partial charge in [-0.2, -0.15) is 0 Å². The van der Waals surface area contributed by atoms with Gasteiger partial charge in [0.05, 0.1) is 12.2 Å². The first-order chi connectivity index (χ1) is 7.48. The average Bonchev–Trinajstić information content (AvgIpc) is 2.97. The van der Waals surface area contributed by atoms with Crippen LogP contribution in [0.1, 0.15) is 45.3 Å². The third kappa shape index (κ3) is 2.78. The lowest BCUT2D eigenvalue weighted by Gasteiger charge is -2.31. The molecule has 1 aromatic carbocycles. The Bertz CT molecular complexity index is 363. The lowest BCUT2D eigenvalue weighted by atomic mass is 9.84. The number of hydrogen-bond donors (Lipinski definition) is 0. The fourth-order valence-corrected chi connectivity index (χ4v) is 2.06. The molecular weight excluding hydrogens is 220 g/mol. The quantitative estimate of drug-likeness (QED) is 0.748. The summed E-state index contributed by atoms with van der Waals surface area (Å²) < 4.78 is 6.11. The Morgan fingerprint density at radius 2 is 1.88 bits per heavy atom. The third-order valence-corrected chi connectivity index (χ3v) is 3.17. The summed E-state index contributed by atoms with van der Waals surface area (Å²) in [5.74, 6) is 0. The van der Waals surface area contributed by atoms with Gasteiger partial charge in [0.15, 0.2) is 0 Å². The second-order valence-electron chi connectivity index (χ2n) is 5.60. The summed E-state index contributed by atoms with van der Waals surface area (Å²) in [7, 11) is 0. The van der Waals surface area contributed by atoms with Gasteiger partial charge in [0.2, 0.25) is 0 Å². The summed E-state index contributed by atoms with van der Waals surface area (Å²) in [5, 5.41) is 0.808. The Hall–Kier alpha value is -0.530. The molecule has 2 heteroatoms. The molecule has 1 fully saturated rings. The van der Waals surface area contributed by atoms with Crippen LogP contribution in [0.2, 0.25) is 5.02 Å². The predicted octanol–water partition coefficient (Wildman–Crippen LogP) is 4.61. The number of rotatable bonds is 3. The van der Waals surface area contributed by atoms with Gasteiger partial charge in [-0.1, -0.05) is 50.6 Å². The average molecular weight is 239 g/mol. The van der Waals surface area contributed by atoms with Crippen molar-refractivity contribution < 1.29 is 4.74 Å². The first kappa shape index (κ1) is 11.9. The van der Waals surface area contributed by atoms with Crippen molar-refractivity contribution in [2.45, 2.75) is 45.8 Å². The highest BCUT2D eigenvalue weighted by atomic mass is 35.5. The molecule has 16 heavy (non-hydrogen) atoms. The van der Waals surface area contributed by atoms with E-state index in [0.29, 0.717) is 6.10 Å². The summed E-state index contributed by atoms with van der Waals surface area (Å²) in [6.07, 6.45) is 2.92. The number of hydrogen-bond acceptors (Lipinski definition) is 1. The number of benzene rings is 1. The highest BCUT2D eigenvalue weighted by molar-refractivity contribution is 6.31. The van der Waals surface area contributed by atoms with Gasteiger partial charge in [-0.3, -0.25) is 0 Å². The molecule has 0 bridgehead atoms. The van der Waals surface area contributed by atoms with Crippen LogP contribution in [0.25, 0.3) is 0 Å². The van der Waals surface area contributed by atoms with Crippen LogP contribution in [0.15, 0.2) is 24.3 Å². The van der Waals surface area contributed by atoms with Gasteiger partial charge in [0.25, 0.3) is 0 Å². The molecule has 0 spiro atoms. The Labute approximate surface area is 103 Å². The van der Waals surface area contributed by atoms with Crippen molar-refractivity contribution in [3.8, 4) is 0 Å². The van der Waals surface area contributed by atoms with Gasteiger partial charge in [-0.15, -0.1) is 0 Å². The van der Waals surface area contributed by atoms with E-state index in [2.05, 4.69) is 26.8 Å². The Kier molecular flexibility index (Phi) is 3.27. The first-order valence-electron chi connectivity index (χ1n) is 5.88. The normalized spacial score (nSPS) is 18.5. The van der Waals surface area contributed by atoms with Crippen LogP contribution in [0, 0.1) is 5.41 Å². The molecule has 0 heterocycles. The van der Waals surface area contributed by atoms with E-state index in [4.69, 9.17) is 16.3 Å². The van der Waals surface area contributed by atoms with Crippen LogP contribution in [0.5, 0.6) is 0 Å². The van der Waals surface area contributed by atoms with Crippen LogP contribution >= 0.6 is 11.6 Å². The van der Waals surface area contributed by atoms with Crippen molar-refractivity contribution in [2.24, 2.45) is 5.41 Å². The summed E-state index contributed by atoms with van der Waals surface area (Å²) in [4.78, 5) is 0. The maximum Gasteiger partial charge on any atom is 0.0891 e. The molecule has 0 amide bonds. The Balaban J connectivity index is 2.27. The standard InChI is InChI=1S/C14H19ClO/c1-14(2,3)13(16-10-8-9-10)11-6-4-5-7-12(11)15/h4-7,10,13H,8-9H2,1-3H3. The van der Waals surface area contributed by atoms with Gasteiger partial charge in [0.1, 0.15) is 0 Å². The number of ether oxygens (including phenoxy) is 1. The molecule has 0 aliphatic heterocycles. The van der Waals surface area contributed by atoms with Gasteiger partial charge in [-0.05, 0) is 29.9 Å². The first-order valence-corrected chi connectivity index (χ1v) is 6.26. The van der Waals surface area contributed by atoms with Crippen LogP contribution < -0.4 is 0 Å². The monoisotopic (exact) mass is 238 g/mol. The van der Waals surface area contributed by atoms with E-state index in [-0.39, 0.29) is 11.5 Å². The van der Waals surface area contributed by atoms with Crippen molar-refractivity contribution >= 4 is 11.6 Å². The molecule has 0 N–H and O–H groups in total. The minimum atomic E-state index is 0.0770. The van der Waals surface area contributed by atoms with E-state index in [1.807, 2.05) is 18.2 Å². The fraction of sp³-hybridized carbons (Fsp3) is 0.571. The zero-order valence-electron chi connectivity index (χ0n) is 10.2. The molecule has 0 saturated heterocycles. The third-order valence-electron chi connectivity index (χ3n) is 2.83. The van der Waals surface area contributed by atoms with E-state index in [0.717, 1.165) is 10.6 Å². The Morgan fingerprint density at radius 3 is 2.38 bits per heavy atom. The SMILES string of the molecule is CC(C)(C)C(OC1CC1)c1ccccc1Cl.